The first kappa shape index (κ1) is 16.4. The van der Waals surface area contributed by atoms with Crippen LogP contribution in [0.15, 0.2) is 27.8 Å². The first-order valence-electron chi connectivity index (χ1n) is 7.29. The monoisotopic (exact) mass is 399 g/mol. The van der Waals surface area contributed by atoms with Crippen LogP contribution in [-0.2, 0) is 4.79 Å². The van der Waals surface area contributed by atoms with Crippen molar-refractivity contribution >= 4 is 39.3 Å². The lowest BCUT2D eigenvalue weighted by Gasteiger charge is -2.11. The van der Waals surface area contributed by atoms with Crippen LogP contribution < -0.4 is 5.32 Å². The molecule has 1 fully saturated rings. The highest BCUT2D eigenvalue weighted by atomic mass is 79.9. The number of nitrogens with zero attached hydrogens (tertiary/aromatic N) is 4. The van der Waals surface area contributed by atoms with Gasteiger partial charge in [-0.05, 0) is 41.5 Å². The molecule has 0 saturated heterocycles. The lowest BCUT2D eigenvalue weighted by atomic mass is 10.3. The number of aromatic nitrogens is 4. The average Bonchev–Trinajstić information content (AvgIpc) is 3.18. The summed E-state index contributed by atoms with van der Waals surface area (Å²) in [6.45, 7) is 0. The number of thioether (sulfide) groups is 1. The van der Waals surface area contributed by atoms with Crippen molar-refractivity contribution in [1.82, 2.24) is 20.2 Å². The summed E-state index contributed by atoms with van der Waals surface area (Å²) in [5.74, 6) is -0.645. The normalized spacial score (nSPS) is 15.0. The second-order valence-corrected chi connectivity index (χ2v) is 7.16. The van der Waals surface area contributed by atoms with Gasteiger partial charge in [0.05, 0.1) is 17.5 Å². The molecule has 0 bridgehead atoms. The van der Waals surface area contributed by atoms with Crippen molar-refractivity contribution in [3.8, 4) is 0 Å². The van der Waals surface area contributed by atoms with Gasteiger partial charge in [-0.1, -0.05) is 40.5 Å². The van der Waals surface area contributed by atoms with Gasteiger partial charge < -0.3 is 5.32 Å². The molecule has 0 aliphatic heterocycles. The number of benzene rings is 1. The van der Waals surface area contributed by atoms with E-state index in [9.17, 15) is 9.18 Å². The van der Waals surface area contributed by atoms with Gasteiger partial charge in [-0.3, -0.25) is 4.79 Å². The molecule has 2 aromatic rings. The number of hydrogen-bond donors (Lipinski definition) is 1. The fourth-order valence-corrected chi connectivity index (χ4v) is 3.64. The van der Waals surface area contributed by atoms with Crippen molar-refractivity contribution in [2.45, 2.75) is 36.9 Å². The Morgan fingerprint density at radius 2 is 2.22 bits per heavy atom. The first-order valence-corrected chi connectivity index (χ1v) is 9.07. The number of carbonyl (C=O) groups is 1. The van der Waals surface area contributed by atoms with Crippen molar-refractivity contribution in [2.24, 2.45) is 0 Å². The maximum atomic E-state index is 13.7. The van der Waals surface area contributed by atoms with Gasteiger partial charge >= 0.3 is 0 Å². The smallest absolute Gasteiger partial charge is 0.234 e. The van der Waals surface area contributed by atoms with Gasteiger partial charge in [-0.25, -0.2) is 9.07 Å². The third-order valence-electron chi connectivity index (χ3n) is 3.67. The molecule has 6 nitrogen and oxygen atoms in total. The molecule has 1 N–H and O–H groups in total. The molecule has 122 valence electrons. The predicted molar refractivity (Wildman–Crippen MR) is 88.8 cm³/mol. The molecular formula is C14H15BrFN5OS. The van der Waals surface area contributed by atoms with E-state index in [1.807, 2.05) is 0 Å². The van der Waals surface area contributed by atoms with E-state index in [-0.39, 0.29) is 17.3 Å². The number of tetrazole rings is 1. The average molecular weight is 400 g/mol. The summed E-state index contributed by atoms with van der Waals surface area (Å²) in [4.78, 5) is 12.0. The third kappa shape index (κ3) is 4.08. The minimum atomic E-state index is -0.478. The molecule has 1 aliphatic rings. The van der Waals surface area contributed by atoms with E-state index in [1.54, 1.807) is 10.7 Å². The second-order valence-electron chi connectivity index (χ2n) is 5.31. The van der Waals surface area contributed by atoms with E-state index >= 15 is 0 Å². The number of anilines is 1. The van der Waals surface area contributed by atoms with Gasteiger partial charge in [0, 0.05) is 4.47 Å². The van der Waals surface area contributed by atoms with E-state index in [1.165, 1.54) is 36.7 Å². The zero-order valence-electron chi connectivity index (χ0n) is 12.2. The largest absolute Gasteiger partial charge is 0.323 e. The second kappa shape index (κ2) is 7.39. The van der Waals surface area contributed by atoms with Crippen molar-refractivity contribution < 1.29 is 9.18 Å². The third-order valence-corrected chi connectivity index (χ3v) is 5.10. The van der Waals surface area contributed by atoms with Crippen molar-refractivity contribution in [3.05, 3.63) is 28.5 Å². The summed E-state index contributed by atoms with van der Waals surface area (Å²) in [7, 11) is 0. The summed E-state index contributed by atoms with van der Waals surface area (Å²) in [5.41, 5.74) is 0.161. The molecule has 1 amide bonds. The van der Waals surface area contributed by atoms with Crippen molar-refractivity contribution in [2.75, 3.05) is 11.1 Å². The summed E-state index contributed by atoms with van der Waals surface area (Å²) in [6, 6.07) is 4.82. The van der Waals surface area contributed by atoms with Gasteiger partial charge in [0.2, 0.25) is 11.1 Å². The van der Waals surface area contributed by atoms with Crippen LogP contribution in [0.3, 0.4) is 0 Å². The quantitative estimate of drug-likeness (QED) is 0.779. The highest BCUT2D eigenvalue weighted by Gasteiger charge is 2.22. The highest BCUT2D eigenvalue weighted by Crippen LogP contribution is 2.31. The van der Waals surface area contributed by atoms with E-state index in [0.717, 1.165) is 12.8 Å². The SMILES string of the molecule is O=C(CSc1nnnn1C1CCCC1)Nc1ccc(Br)cc1F. The van der Waals surface area contributed by atoms with Gasteiger partial charge in [0.25, 0.3) is 0 Å². The standard InChI is InChI=1S/C14H15BrFN5OS/c15-9-5-6-12(11(16)7-9)17-13(22)8-23-14-18-19-20-21(14)10-3-1-2-4-10/h5-7,10H,1-4,8H2,(H,17,22). The maximum Gasteiger partial charge on any atom is 0.234 e. The Hall–Kier alpha value is -1.48. The predicted octanol–water partition coefficient (Wildman–Crippen LogP) is 3.42. The Balaban J connectivity index is 1.58. The van der Waals surface area contributed by atoms with Gasteiger partial charge in [0.15, 0.2) is 0 Å². The lowest BCUT2D eigenvalue weighted by Crippen LogP contribution is -2.16. The molecule has 1 heterocycles. The van der Waals surface area contributed by atoms with Crippen LogP contribution >= 0.6 is 27.7 Å². The summed E-state index contributed by atoms with van der Waals surface area (Å²) >= 11 is 4.44. The number of carbonyl (C=O) groups excluding carboxylic acids is 1. The Bertz CT molecular complexity index is 704. The van der Waals surface area contributed by atoms with Crippen LogP contribution in [0.5, 0.6) is 0 Å². The fourth-order valence-electron chi connectivity index (χ4n) is 2.57. The van der Waals surface area contributed by atoms with Crippen LogP contribution in [0, 0.1) is 5.82 Å². The van der Waals surface area contributed by atoms with Gasteiger partial charge in [-0.15, -0.1) is 5.10 Å². The molecule has 0 spiro atoms. The number of halogens is 2. The minimum Gasteiger partial charge on any atom is -0.323 e. The first-order chi connectivity index (χ1) is 11.1. The van der Waals surface area contributed by atoms with Crippen LogP contribution in [-0.4, -0.2) is 31.9 Å². The molecule has 1 aromatic carbocycles. The summed E-state index contributed by atoms with van der Waals surface area (Å²) in [6.07, 6.45) is 4.49. The molecule has 1 aliphatic carbocycles. The Morgan fingerprint density at radius 1 is 1.43 bits per heavy atom. The Labute approximate surface area is 145 Å². The molecular weight excluding hydrogens is 385 g/mol. The van der Waals surface area contributed by atoms with E-state index in [0.29, 0.717) is 15.7 Å². The number of rotatable bonds is 5. The fraction of sp³-hybridized carbons (Fsp3) is 0.429. The zero-order valence-corrected chi connectivity index (χ0v) is 14.6. The van der Waals surface area contributed by atoms with Gasteiger partial charge in [-0.2, -0.15) is 0 Å². The number of nitrogens with one attached hydrogen (secondary N) is 1. The molecule has 1 saturated carbocycles. The molecule has 0 atom stereocenters. The summed E-state index contributed by atoms with van der Waals surface area (Å²) in [5, 5.41) is 14.9. The van der Waals surface area contributed by atoms with Crippen LogP contribution in [0.25, 0.3) is 0 Å². The Morgan fingerprint density at radius 3 is 2.96 bits per heavy atom. The van der Waals surface area contributed by atoms with E-state index < -0.39 is 5.82 Å². The molecule has 9 heteroatoms. The molecule has 1 aromatic heterocycles. The number of amides is 1. The maximum absolute atomic E-state index is 13.7. The van der Waals surface area contributed by atoms with Gasteiger partial charge in [0.1, 0.15) is 5.82 Å². The van der Waals surface area contributed by atoms with E-state index in [4.69, 9.17) is 0 Å². The minimum absolute atomic E-state index is 0.128. The molecule has 0 radical (unpaired) electrons. The molecule has 3 rings (SSSR count). The van der Waals surface area contributed by atoms with E-state index in [2.05, 4.69) is 36.8 Å². The van der Waals surface area contributed by atoms with Crippen LogP contribution in [0.2, 0.25) is 0 Å². The van der Waals surface area contributed by atoms with Crippen LogP contribution in [0.4, 0.5) is 10.1 Å². The zero-order chi connectivity index (χ0) is 16.2. The lowest BCUT2D eigenvalue weighted by molar-refractivity contribution is -0.113. The molecule has 0 unspecified atom stereocenters. The summed E-state index contributed by atoms with van der Waals surface area (Å²) < 4.78 is 16.1. The Kier molecular flexibility index (Phi) is 5.27. The van der Waals surface area contributed by atoms with Crippen molar-refractivity contribution in [3.63, 3.8) is 0 Å². The van der Waals surface area contributed by atoms with Crippen LogP contribution in [0.1, 0.15) is 31.7 Å². The highest BCUT2D eigenvalue weighted by molar-refractivity contribution is 9.10. The molecule has 23 heavy (non-hydrogen) atoms. The van der Waals surface area contributed by atoms with Crippen molar-refractivity contribution in [1.29, 1.82) is 0 Å². The number of hydrogen-bond acceptors (Lipinski definition) is 5. The topological polar surface area (TPSA) is 72.7 Å².